The second-order valence-corrected chi connectivity index (χ2v) is 6.03. The molecule has 0 saturated heterocycles. The van der Waals surface area contributed by atoms with Crippen molar-refractivity contribution in [3.8, 4) is 0 Å². The van der Waals surface area contributed by atoms with E-state index in [1.54, 1.807) is 0 Å². The van der Waals surface area contributed by atoms with Crippen LogP contribution in [0.3, 0.4) is 0 Å². The van der Waals surface area contributed by atoms with Crippen LogP contribution in [0.1, 0.15) is 41.8 Å². The van der Waals surface area contributed by atoms with Crippen LogP contribution in [0, 0.1) is 13.8 Å². The number of rotatable bonds is 5. The lowest BCUT2D eigenvalue weighted by Crippen LogP contribution is -2.25. The van der Waals surface area contributed by atoms with Gasteiger partial charge in [-0.15, -0.1) is 0 Å². The van der Waals surface area contributed by atoms with E-state index >= 15 is 0 Å². The summed E-state index contributed by atoms with van der Waals surface area (Å²) in [6.45, 7) is 7.46. The van der Waals surface area contributed by atoms with Gasteiger partial charge >= 0.3 is 0 Å². The van der Waals surface area contributed by atoms with E-state index in [1.807, 2.05) is 17.9 Å². The van der Waals surface area contributed by atoms with Crippen molar-refractivity contribution in [1.29, 1.82) is 0 Å². The molecule has 20 heavy (non-hydrogen) atoms. The van der Waals surface area contributed by atoms with Gasteiger partial charge in [-0.1, -0.05) is 35.0 Å². The third-order valence-electron chi connectivity index (χ3n) is 3.55. The van der Waals surface area contributed by atoms with Crippen LogP contribution in [0.15, 0.2) is 28.9 Å². The van der Waals surface area contributed by atoms with Gasteiger partial charge in [0.05, 0.1) is 11.7 Å². The molecule has 0 amide bonds. The summed E-state index contributed by atoms with van der Waals surface area (Å²) in [7, 11) is 1.99. The molecule has 0 bridgehead atoms. The van der Waals surface area contributed by atoms with Gasteiger partial charge in [0.25, 0.3) is 0 Å². The summed E-state index contributed by atoms with van der Waals surface area (Å²) in [5, 5.41) is 7.93. The highest BCUT2D eigenvalue weighted by Crippen LogP contribution is 2.28. The highest BCUT2D eigenvalue weighted by Gasteiger charge is 2.18. The topological polar surface area (TPSA) is 29.9 Å². The molecular formula is C16H22BrN3. The average Bonchev–Trinajstić information content (AvgIpc) is 2.83. The summed E-state index contributed by atoms with van der Waals surface area (Å²) < 4.78 is 3.14. The van der Waals surface area contributed by atoms with E-state index in [0.717, 1.165) is 13.0 Å². The highest BCUT2D eigenvalue weighted by atomic mass is 79.9. The van der Waals surface area contributed by atoms with Crippen LogP contribution >= 0.6 is 15.9 Å². The average molecular weight is 336 g/mol. The fraction of sp³-hybridized carbons (Fsp3) is 0.438. The Morgan fingerprint density at radius 2 is 1.95 bits per heavy atom. The number of benzene rings is 1. The van der Waals surface area contributed by atoms with Gasteiger partial charge in [0.2, 0.25) is 0 Å². The summed E-state index contributed by atoms with van der Waals surface area (Å²) >= 11 is 3.64. The fourth-order valence-corrected chi connectivity index (χ4v) is 2.72. The quantitative estimate of drug-likeness (QED) is 0.898. The van der Waals surface area contributed by atoms with Crippen LogP contribution in [-0.2, 0) is 7.05 Å². The number of nitrogens with zero attached hydrogens (tertiary/aromatic N) is 2. The third-order valence-corrected chi connectivity index (χ3v) is 4.80. The molecule has 1 atom stereocenters. The summed E-state index contributed by atoms with van der Waals surface area (Å²) in [5.41, 5.74) is 5.02. The first kappa shape index (κ1) is 15.3. The molecule has 2 aromatic rings. The van der Waals surface area contributed by atoms with Crippen LogP contribution in [0.25, 0.3) is 0 Å². The number of nitrogens with one attached hydrogen (secondary N) is 1. The lowest BCUT2D eigenvalue weighted by Gasteiger charge is -2.21. The zero-order chi connectivity index (χ0) is 14.7. The van der Waals surface area contributed by atoms with Gasteiger partial charge in [0, 0.05) is 17.7 Å². The molecule has 0 saturated carbocycles. The summed E-state index contributed by atoms with van der Waals surface area (Å²) in [6, 6.07) is 6.77. The molecule has 108 valence electrons. The molecule has 0 spiro atoms. The maximum Gasteiger partial charge on any atom is 0.0748 e. The second kappa shape index (κ2) is 6.55. The largest absolute Gasteiger partial charge is 0.305 e. The smallest absolute Gasteiger partial charge is 0.0748 e. The van der Waals surface area contributed by atoms with E-state index in [4.69, 9.17) is 0 Å². The Labute approximate surface area is 129 Å². The Bertz CT molecular complexity index is 566. The van der Waals surface area contributed by atoms with E-state index in [0.29, 0.717) is 0 Å². The van der Waals surface area contributed by atoms with E-state index < -0.39 is 0 Å². The van der Waals surface area contributed by atoms with E-state index in [-0.39, 0.29) is 6.04 Å². The predicted molar refractivity (Wildman–Crippen MR) is 87.0 cm³/mol. The molecule has 0 aliphatic carbocycles. The summed E-state index contributed by atoms with van der Waals surface area (Å²) in [6.07, 6.45) is 2.97. The molecule has 1 heterocycles. The van der Waals surface area contributed by atoms with Crippen molar-refractivity contribution in [3.05, 3.63) is 51.3 Å². The number of halogens is 1. The minimum Gasteiger partial charge on any atom is -0.305 e. The normalized spacial score (nSPS) is 12.7. The van der Waals surface area contributed by atoms with Crippen LogP contribution in [-0.4, -0.2) is 16.3 Å². The van der Waals surface area contributed by atoms with Crippen molar-refractivity contribution in [3.63, 3.8) is 0 Å². The Balaban J connectivity index is 2.44. The van der Waals surface area contributed by atoms with Gasteiger partial charge in [0.15, 0.2) is 0 Å². The molecule has 0 fully saturated rings. The first-order chi connectivity index (χ1) is 9.54. The predicted octanol–water partition coefficient (Wildman–Crippen LogP) is 3.89. The first-order valence-electron chi connectivity index (χ1n) is 7.02. The van der Waals surface area contributed by atoms with Crippen molar-refractivity contribution < 1.29 is 0 Å². The van der Waals surface area contributed by atoms with Gasteiger partial charge in [-0.05, 0) is 49.6 Å². The molecule has 1 N–H and O–H groups in total. The fourth-order valence-electron chi connectivity index (χ4n) is 2.50. The zero-order valence-corrected chi connectivity index (χ0v) is 14.2. The number of hydrogen-bond donors (Lipinski definition) is 1. The molecule has 0 aliphatic heterocycles. The molecule has 1 aromatic carbocycles. The third kappa shape index (κ3) is 3.13. The van der Waals surface area contributed by atoms with E-state index in [1.165, 1.54) is 26.9 Å². The maximum absolute atomic E-state index is 4.30. The molecule has 0 aliphatic rings. The van der Waals surface area contributed by atoms with Gasteiger partial charge in [-0.3, -0.25) is 4.68 Å². The molecular weight excluding hydrogens is 314 g/mol. The number of aromatic nitrogens is 2. The van der Waals surface area contributed by atoms with Crippen molar-refractivity contribution in [2.24, 2.45) is 7.05 Å². The van der Waals surface area contributed by atoms with Crippen LogP contribution < -0.4 is 5.32 Å². The van der Waals surface area contributed by atoms with Crippen LogP contribution in [0.4, 0.5) is 0 Å². The number of hydrogen-bond acceptors (Lipinski definition) is 2. The van der Waals surface area contributed by atoms with E-state index in [9.17, 15) is 0 Å². The second-order valence-electron chi connectivity index (χ2n) is 5.24. The Hall–Kier alpha value is -1.13. The van der Waals surface area contributed by atoms with Crippen molar-refractivity contribution in [1.82, 2.24) is 15.1 Å². The molecule has 1 unspecified atom stereocenters. The minimum absolute atomic E-state index is 0.188. The van der Waals surface area contributed by atoms with Gasteiger partial charge in [-0.25, -0.2) is 0 Å². The van der Waals surface area contributed by atoms with Crippen molar-refractivity contribution in [2.45, 2.75) is 33.2 Å². The van der Waals surface area contributed by atoms with Crippen LogP contribution in [0.2, 0.25) is 0 Å². The zero-order valence-electron chi connectivity index (χ0n) is 12.6. The lowest BCUT2D eigenvalue weighted by atomic mass is 9.99. The Morgan fingerprint density at radius 3 is 2.45 bits per heavy atom. The van der Waals surface area contributed by atoms with Gasteiger partial charge in [0.1, 0.15) is 0 Å². The van der Waals surface area contributed by atoms with Crippen molar-refractivity contribution >= 4 is 15.9 Å². The molecule has 3 nitrogen and oxygen atoms in total. The Kier molecular flexibility index (Phi) is 5.00. The molecule has 4 heteroatoms. The van der Waals surface area contributed by atoms with Gasteiger partial charge < -0.3 is 5.32 Å². The molecule has 2 rings (SSSR count). The highest BCUT2D eigenvalue weighted by molar-refractivity contribution is 9.10. The maximum atomic E-state index is 4.30. The summed E-state index contributed by atoms with van der Waals surface area (Å²) in [4.78, 5) is 0. The SMILES string of the molecule is CCCNC(c1cc(C)c(Br)c(C)c1)c1ccnn1C. The minimum atomic E-state index is 0.188. The molecule has 1 aromatic heterocycles. The van der Waals surface area contributed by atoms with Crippen molar-refractivity contribution in [2.75, 3.05) is 6.54 Å². The lowest BCUT2D eigenvalue weighted by molar-refractivity contribution is 0.553. The first-order valence-corrected chi connectivity index (χ1v) is 7.81. The van der Waals surface area contributed by atoms with Gasteiger partial charge in [-0.2, -0.15) is 5.10 Å². The summed E-state index contributed by atoms with van der Waals surface area (Å²) in [5.74, 6) is 0. The monoisotopic (exact) mass is 335 g/mol. The molecule has 0 radical (unpaired) electrons. The standard InChI is InChI=1S/C16H22BrN3/c1-5-7-18-16(14-6-8-19-20(14)4)13-9-11(2)15(17)12(3)10-13/h6,8-10,16,18H,5,7H2,1-4H3. The van der Waals surface area contributed by atoms with E-state index in [2.05, 4.69) is 65.3 Å². The van der Waals surface area contributed by atoms with Crippen LogP contribution in [0.5, 0.6) is 0 Å². The Morgan fingerprint density at radius 1 is 1.30 bits per heavy atom. The number of aryl methyl sites for hydroxylation is 3.